The summed E-state index contributed by atoms with van der Waals surface area (Å²) in [6, 6.07) is 15.0. The first-order valence-electron chi connectivity index (χ1n) is 8.59. The highest BCUT2D eigenvalue weighted by Gasteiger charge is 2.52. The molecule has 2 aliphatic rings. The highest BCUT2D eigenvalue weighted by molar-refractivity contribution is 7.98. The zero-order valence-electron chi connectivity index (χ0n) is 14.4. The van der Waals surface area contributed by atoms with Crippen molar-refractivity contribution in [2.45, 2.75) is 29.8 Å². The maximum atomic E-state index is 13.0. The fourth-order valence-electron chi connectivity index (χ4n) is 3.90. The molecule has 0 aliphatic carbocycles. The molecule has 2 aromatic carbocycles. The summed E-state index contributed by atoms with van der Waals surface area (Å²) in [5.74, 6) is -0.00740. The number of thioether (sulfide) groups is 1. The Bertz CT molecular complexity index is 872. The van der Waals surface area contributed by atoms with Crippen LogP contribution >= 0.6 is 23.4 Å². The lowest BCUT2D eigenvalue weighted by atomic mass is 10.1. The van der Waals surface area contributed by atoms with Gasteiger partial charge in [-0.1, -0.05) is 41.9 Å². The summed E-state index contributed by atoms with van der Waals surface area (Å²) in [6.07, 6.45) is 2.95. The second-order valence-corrected chi connectivity index (χ2v) is 7.85. The smallest absolute Gasteiger partial charge is 0.250 e. The number of halogens is 1. The molecule has 0 saturated carbocycles. The second-order valence-electron chi connectivity index (χ2n) is 6.60. The normalized spacial score (nSPS) is 21.5. The van der Waals surface area contributed by atoms with Crippen LogP contribution in [0.1, 0.15) is 12.0 Å². The van der Waals surface area contributed by atoms with Crippen LogP contribution in [0.2, 0.25) is 5.02 Å². The second kappa shape index (κ2) is 6.97. The highest BCUT2D eigenvalue weighted by atomic mass is 35.5. The zero-order valence-corrected chi connectivity index (χ0v) is 16.0. The summed E-state index contributed by atoms with van der Waals surface area (Å²) in [6.45, 7) is 0.586. The van der Waals surface area contributed by atoms with Gasteiger partial charge in [-0.05, 0) is 36.4 Å². The van der Waals surface area contributed by atoms with Gasteiger partial charge in [-0.3, -0.25) is 9.59 Å². The van der Waals surface area contributed by atoms with Gasteiger partial charge in [0.05, 0.1) is 18.2 Å². The Morgan fingerprint density at radius 2 is 1.92 bits per heavy atom. The van der Waals surface area contributed by atoms with E-state index in [0.29, 0.717) is 18.0 Å². The molecule has 6 heteroatoms. The van der Waals surface area contributed by atoms with Crippen molar-refractivity contribution in [2.75, 3.05) is 17.7 Å². The van der Waals surface area contributed by atoms with Crippen LogP contribution in [-0.4, -0.2) is 41.6 Å². The van der Waals surface area contributed by atoms with E-state index in [0.717, 1.165) is 16.1 Å². The molecule has 0 unspecified atom stereocenters. The first-order valence-corrected chi connectivity index (χ1v) is 10.2. The number of anilines is 1. The molecule has 26 heavy (non-hydrogen) atoms. The predicted molar refractivity (Wildman–Crippen MR) is 105 cm³/mol. The quantitative estimate of drug-likeness (QED) is 0.753. The monoisotopic (exact) mass is 386 g/mol. The average molecular weight is 387 g/mol. The van der Waals surface area contributed by atoms with Crippen molar-refractivity contribution >= 4 is 40.9 Å². The van der Waals surface area contributed by atoms with Crippen LogP contribution < -0.4 is 4.90 Å². The number of hydrogen-bond acceptors (Lipinski definition) is 3. The summed E-state index contributed by atoms with van der Waals surface area (Å²) >= 11 is 7.80. The fraction of sp³-hybridized carbons (Fsp3) is 0.300. The van der Waals surface area contributed by atoms with E-state index in [2.05, 4.69) is 0 Å². The summed E-state index contributed by atoms with van der Waals surface area (Å²) < 4.78 is 0. The first kappa shape index (κ1) is 17.4. The van der Waals surface area contributed by atoms with Crippen LogP contribution in [-0.2, 0) is 16.0 Å². The third kappa shape index (κ3) is 2.89. The molecule has 2 heterocycles. The third-order valence-corrected chi connectivity index (χ3v) is 6.28. The molecule has 2 aliphatic heterocycles. The van der Waals surface area contributed by atoms with E-state index in [1.54, 1.807) is 22.7 Å². The molecule has 4 nitrogen and oxygen atoms in total. The van der Waals surface area contributed by atoms with Crippen LogP contribution in [0.4, 0.5) is 5.69 Å². The molecule has 2 amide bonds. The van der Waals surface area contributed by atoms with E-state index >= 15 is 0 Å². The topological polar surface area (TPSA) is 40.6 Å². The number of benzene rings is 2. The maximum absolute atomic E-state index is 13.0. The van der Waals surface area contributed by atoms with Gasteiger partial charge in [0.15, 0.2) is 0 Å². The van der Waals surface area contributed by atoms with Crippen LogP contribution in [0.25, 0.3) is 0 Å². The highest BCUT2D eigenvalue weighted by Crippen LogP contribution is 2.39. The Morgan fingerprint density at radius 1 is 1.19 bits per heavy atom. The van der Waals surface area contributed by atoms with Crippen molar-refractivity contribution in [1.82, 2.24) is 4.90 Å². The fourth-order valence-corrected chi connectivity index (χ4v) is 4.69. The number of amides is 2. The molecule has 2 saturated heterocycles. The van der Waals surface area contributed by atoms with E-state index in [1.165, 1.54) is 0 Å². The predicted octanol–water partition coefficient (Wildman–Crippen LogP) is 3.62. The first-order chi connectivity index (χ1) is 12.6. The van der Waals surface area contributed by atoms with Crippen molar-refractivity contribution < 1.29 is 9.59 Å². The number of nitrogens with zero attached hydrogens (tertiary/aromatic N) is 2. The number of fused-ring (bicyclic) bond motifs is 2. The molecule has 0 spiro atoms. The zero-order chi connectivity index (χ0) is 18.3. The van der Waals surface area contributed by atoms with Gasteiger partial charge in [0, 0.05) is 16.5 Å². The van der Waals surface area contributed by atoms with Gasteiger partial charge in [0.2, 0.25) is 11.8 Å². The Labute approximate surface area is 162 Å². The van der Waals surface area contributed by atoms with Gasteiger partial charge in [-0.25, -0.2) is 0 Å². The molecule has 2 atom stereocenters. The lowest BCUT2D eigenvalue weighted by molar-refractivity contribution is -0.137. The van der Waals surface area contributed by atoms with E-state index in [1.807, 2.05) is 53.6 Å². The molecule has 2 aromatic rings. The molecule has 0 aromatic heterocycles. The van der Waals surface area contributed by atoms with E-state index in [4.69, 9.17) is 11.6 Å². The van der Waals surface area contributed by atoms with Crippen molar-refractivity contribution in [3.05, 3.63) is 59.1 Å². The minimum Gasteiger partial charge on any atom is -0.328 e. The average Bonchev–Trinajstić information content (AvgIpc) is 3.22. The third-order valence-electron chi connectivity index (χ3n) is 5.13. The SMILES string of the molecule is CSc1ccccc1N1C(=O)[C@@H]2C[C@H]1CN2C(=O)Cc1ccccc1Cl. The minimum absolute atomic E-state index is 0.0234. The Balaban J connectivity index is 1.53. The standard InChI is InChI=1S/C20H19ClN2O2S/c1-26-18-9-5-4-8-16(18)23-14-11-17(20(23)25)22(12-14)19(24)10-13-6-2-3-7-15(13)21/h2-9,14,17H,10-12H2,1H3/t14-,17-/m0/s1. The van der Waals surface area contributed by atoms with Crippen LogP contribution in [0, 0.1) is 0 Å². The lowest BCUT2D eigenvalue weighted by Gasteiger charge is -2.34. The van der Waals surface area contributed by atoms with Gasteiger partial charge in [-0.2, -0.15) is 0 Å². The Hall–Kier alpha value is -1.98. The van der Waals surface area contributed by atoms with Gasteiger partial charge in [0.1, 0.15) is 6.04 Å². The molecule has 134 valence electrons. The molecule has 0 N–H and O–H groups in total. The van der Waals surface area contributed by atoms with Crippen LogP contribution in [0.15, 0.2) is 53.4 Å². The number of piperazine rings is 1. The lowest BCUT2D eigenvalue weighted by Crippen LogP contribution is -2.53. The number of likely N-dealkylation sites (tertiary alicyclic amines) is 1. The molecule has 4 rings (SSSR count). The summed E-state index contributed by atoms with van der Waals surface area (Å²) in [7, 11) is 0. The number of rotatable bonds is 4. The number of carbonyl (C=O) groups is 2. The molecule has 0 radical (unpaired) electrons. The minimum atomic E-state index is -0.357. The maximum Gasteiger partial charge on any atom is 0.250 e. The van der Waals surface area contributed by atoms with Gasteiger partial charge in [0.25, 0.3) is 0 Å². The Kier molecular flexibility index (Phi) is 4.67. The van der Waals surface area contributed by atoms with Crippen LogP contribution in [0.5, 0.6) is 0 Å². The van der Waals surface area contributed by atoms with Crippen molar-refractivity contribution in [3.8, 4) is 0 Å². The molecule has 2 fully saturated rings. The number of carbonyl (C=O) groups excluding carboxylic acids is 2. The van der Waals surface area contributed by atoms with E-state index in [9.17, 15) is 9.59 Å². The molecule has 2 bridgehead atoms. The largest absolute Gasteiger partial charge is 0.328 e. The summed E-state index contributed by atoms with van der Waals surface area (Å²) in [4.78, 5) is 30.4. The molecular weight excluding hydrogens is 368 g/mol. The summed E-state index contributed by atoms with van der Waals surface area (Å²) in [5.41, 5.74) is 1.76. The van der Waals surface area contributed by atoms with Crippen molar-refractivity contribution in [1.29, 1.82) is 0 Å². The van der Waals surface area contributed by atoms with E-state index in [-0.39, 0.29) is 30.3 Å². The Morgan fingerprint density at radius 3 is 2.65 bits per heavy atom. The van der Waals surface area contributed by atoms with Gasteiger partial charge >= 0.3 is 0 Å². The molecular formula is C20H19ClN2O2S. The number of para-hydroxylation sites is 1. The summed E-state index contributed by atoms with van der Waals surface area (Å²) in [5, 5.41) is 0.590. The van der Waals surface area contributed by atoms with Crippen molar-refractivity contribution in [3.63, 3.8) is 0 Å². The van der Waals surface area contributed by atoms with Crippen molar-refractivity contribution in [2.24, 2.45) is 0 Å². The van der Waals surface area contributed by atoms with E-state index < -0.39 is 0 Å². The number of hydrogen-bond donors (Lipinski definition) is 0. The van der Waals surface area contributed by atoms with Gasteiger partial charge < -0.3 is 9.80 Å². The van der Waals surface area contributed by atoms with Crippen LogP contribution in [0.3, 0.4) is 0 Å². The van der Waals surface area contributed by atoms with Gasteiger partial charge in [-0.15, -0.1) is 11.8 Å².